The third-order valence-corrected chi connectivity index (χ3v) is 5.98. The Balaban J connectivity index is 1.75. The molecule has 0 spiro atoms. The van der Waals surface area contributed by atoms with E-state index in [4.69, 9.17) is 0 Å². The Morgan fingerprint density at radius 1 is 1.25 bits per heavy atom. The minimum absolute atomic E-state index is 0.0345. The van der Waals surface area contributed by atoms with Gasteiger partial charge in [-0.3, -0.25) is 9.59 Å². The van der Waals surface area contributed by atoms with Gasteiger partial charge in [0, 0.05) is 30.6 Å². The Bertz CT molecular complexity index is 838. The minimum atomic E-state index is -3.27. The molecule has 0 saturated carbocycles. The topological polar surface area (TPSA) is 85.2 Å². The molecule has 2 rings (SSSR count). The predicted octanol–water partition coefficient (Wildman–Crippen LogP) is 1.34. The molecule has 0 radical (unpaired) electrons. The van der Waals surface area contributed by atoms with Gasteiger partial charge in [0.15, 0.2) is 9.84 Å². The summed E-state index contributed by atoms with van der Waals surface area (Å²) in [5.41, 5.74) is 1.55. The van der Waals surface area contributed by atoms with Crippen LogP contribution >= 0.6 is 11.3 Å². The smallest absolute Gasteiger partial charge is 0.307 e. The van der Waals surface area contributed by atoms with Crippen LogP contribution in [0, 0.1) is 6.92 Å². The van der Waals surface area contributed by atoms with Crippen LogP contribution in [0.25, 0.3) is 0 Å². The molecule has 8 heteroatoms. The quantitative estimate of drug-likeness (QED) is 0.762. The van der Waals surface area contributed by atoms with Crippen LogP contribution in [0.3, 0.4) is 0 Å². The molecule has 24 heavy (non-hydrogen) atoms. The third-order valence-electron chi connectivity index (χ3n) is 3.50. The van der Waals surface area contributed by atoms with Crippen LogP contribution in [0.15, 0.2) is 40.5 Å². The summed E-state index contributed by atoms with van der Waals surface area (Å²) in [6, 6.07) is 8.94. The number of rotatable bonds is 8. The largest absolute Gasteiger partial charge is 0.355 e. The lowest BCUT2D eigenvalue weighted by Gasteiger charge is -2.08. The van der Waals surface area contributed by atoms with Crippen molar-refractivity contribution in [2.75, 3.05) is 12.3 Å². The average Bonchev–Trinajstić information content (AvgIpc) is 2.84. The van der Waals surface area contributed by atoms with Gasteiger partial charge in [-0.25, -0.2) is 8.42 Å². The highest BCUT2D eigenvalue weighted by Gasteiger charge is 2.13. The predicted molar refractivity (Wildman–Crippen MR) is 94.9 cm³/mol. The van der Waals surface area contributed by atoms with Gasteiger partial charge >= 0.3 is 4.87 Å². The normalized spacial score (nSPS) is 11.4. The zero-order valence-corrected chi connectivity index (χ0v) is 15.0. The second-order valence-corrected chi connectivity index (χ2v) is 8.48. The lowest BCUT2D eigenvalue weighted by Crippen LogP contribution is -2.30. The fourth-order valence-electron chi connectivity index (χ4n) is 2.22. The Hall–Kier alpha value is -1.93. The van der Waals surface area contributed by atoms with Gasteiger partial charge in [-0.05, 0) is 12.5 Å². The van der Waals surface area contributed by atoms with Crippen LogP contribution in [0.4, 0.5) is 0 Å². The van der Waals surface area contributed by atoms with Crippen molar-refractivity contribution >= 4 is 27.1 Å². The highest BCUT2D eigenvalue weighted by Crippen LogP contribution is 2.05. The Morgan fingerprint density at radius 2 is 1.96 bits per heavy atom. The minimum Gasteiger partial charge on any atom is -0.355 e. The maximum absolute atomic E-state index is 12.0. The van der Waals surface area contributed by atoms with Crippen molar-refractivity contribution in [2.45, 2.75) is 25.6 Å². The van der Waals surface area contributed by atoms with Gasteiger partial charge in [0.25, 0.3) is 0 Å². The molecule has 1 aromatic carbocycles. The summed E-state index contributed by atoms with van der Waals surface area (Å²) in [4.78, 5) is 23.2. The molecular weight excluding hydrogens is 348 g/mol. The van der Waals surface area contributed by atoms with E-state index in [0.29, 0.717) is 6.54 Å². The molecule has 1 N–H and O–H groups in total. The number of aryl methyl sites for hydroxylation is 1. The molecule has 2 aromatic rings. The van der Waals surface area contributed by atoms with Crippen LogP contribution in [0.1, 0.15) is 17.7 Å². The number of amides is 1. The zero-order chi connectivity index (χ0) is 17.6. The number of carbonyl (C=O) groups excluding carboxylic acids is 1. The van der Waals surface area contributed by atoms with E-state index in [2.05, 4.69) is 5.32 Å². The molecular formula is C16H20N2O4S2. The highest BCUT2D eigenvalue weighted by atomic mass is 32.2. The molecule has 0 fully saturated rings. The van der Waals surface area contributed by atoms with Crippen LogP contribution in [0.2, 0.25) is 0 Å². The molecule has 1 aromatic heterocycles. The van der Waals surface area contributed by atoms with E-state index < -0.39 is 9.84 Å². The van der Waals surface area contributed by atoms with Gasteiger partial charge in [-0.2, -0.15) is 0 Å². The van der Waals surface area contributed by atoms with Crippen LogP contribution < -0.4 is 10.2 Å². The number of carbonyl (C=O) groups is 1. The molecule has 0 aliphatic heterocycles. The molecule has 130 valence electrons. The zero-order valence-electron chi connectivity index (χ0n) is 13.4. The van der Waals surface area contributed by atoms with E-state index in [-0.39, 0.29) is 35.3 Å². The van der Waals surface area contributed by atoms with Crippen molar-refractivity contribution in [2.24, 2.45) is 0 Å². The van der Waals surface area contributed by atoms with Crippen molar-refractivity contribution < 1.29 is 13.2 Å². The first-order chi connectivity index (χ1) is 11.4. The van der Waals surface area contributed by atoms with Crippen molar-refractivity contribution in [3.05, 3.63) is 56.6 Å². The molecule has 0 bridgehead atoms. The third kappa shape index (κ3) is 5.61. The monoisotopic (exact) mass is 368 g/mol. The summed E-state index contributed by atoms with van der Waals surface area (Å²) in [6.07, 6.45) is 0.149. The standard InChI is InChI=1S/C16H20N2O4S2/c1-13-11-23-16(20)18(13)9-7-15(19)17-8-10-24(21,22)12-14-5-3-2-4-6-14/h2-6,11H,7-10,12H2,1H3,(H,17,19). The SMILES string of the molecule is Cc1csc(=O)n1CCC(=O)NCCS(=O)(=O)Cc1ccccc1. The van der Waals surface area contributed by atoms with Gasteiger partial charge in [-0.15, -0.1) is 0 Å². The number of nitrogens with zero attached hydrogens (tertiary/aromatic N) is 1. The number of benzene rings is 1. The van der Waals surface area contributed by atoms with Gasteiger partial charge in [0.1, 0.15) is 0 Å². The van der Waals surface area contributed by atoms with E-state index in [1.807, 2.05) is 13.0 Å². The number of aromatic nitrogens is 1. The summed E-state index contributed by atoms with van der Waals surface area (Å²) in [5, 5.41) is 4.34. The van der Waals surface area contributed by atoms with E-state index in [1.54, 1.807) is 29.6 Å². The van der Waals surface area contributed by atoms with E-state index in [0.717, 1.165) is 22.6 Å². The van der Waals surface area contributed by atoms with Crippen molar-refractivity contribution in [3.8, 4) is 0 Å². The Labute approximate surface area is 145 Å². The van der Waals surface area contributed by atoms with Crippen molar-refractivity contribution in [3.63, 3.8) is 0 Å². The van der Waals surface area contributed by atoms with Gasteiger partial charge in [0.05, 0.1) is 11.5 Å². The molecule has 0 atom stereocenters. The maximum Gasteiger partial charge on any atom is 0.307 e. The lowest BCUT2D eigenvalue weighted by molar-refractivity contribution is -0.121. The summed E-state index contributed by atoms with van der Waals surface area (Å²) in [5.74, 6) is -0.402. The lowest BCUT2D eigenvalue weighted by atomic mass is 10.2. The van der Waals surface area contributed by atoms with Crippen LogP contribution in [0.5, 0.6) is 0 Å². The Morgan fingerprint density at radius 3 is 2.58 bits per heavy atom. The maximum atomic E-state index is 12.0. The van der Waals surface area contributed by atoms with Gasteiger partial charge in [0.2, 0.25) is 5.91 Å². The molecule has 0 aliphatic carbocycles. The molecule has 6 nitrogen and oxygen atoms in total. The van der Waals surface area contributed by atoms with Crippen molar-refractivity contribution in [1.29, 1.82) is 0 Å². The number of thiazole rings is 1. The molecule has 0 saturated heterocycles. The number of nitrogens with one attached hydrogen (secondary N) is 1. The number of hydrogen-bond donors (Lipinski definition) is 1. The summed E-state index contributed by atoms with van der Waals surface area (Å²) < 4.78 is 25.6. The second-order valence-electron chi connectivity index (χ2n) is 5.47. The first kappa shape index (κ1) is 18.4. The van der Waals surface area contributed by atoms with E-state index in [1.165, 1.54) is 4.57 Å². The first-order valence-corrected chi connectivity index (χ1v) is 10.2. The summed E-state index contributed by atoms with van der Waals surface area (Å²) in [6.45, 7) is 2.19. The molecule has 1 heterocycles. The molecule has 0 aliphatic rings. The molecule has 0 unspecified atom stereocenters. The molecule has 1 amide bonds. The number of sulfone groups is 1. The fourth-order valence-corrected chi connectivity index (χ4v) is 4.24. The van der Waals surface area contributed by atoms with Gasteiger partial charge in [-0.1, -0.05) is 41.7 Å². The van der Waals surface area contributed by atoms with Crippen molar-refractivity contribution in [1.82, 2.24) is 9.88 Å². The van der Waals surface area contributed by atoms with E-state index in [9.17, 15) is 18.0 Å². The Kier molecular flexibility index (Phi) is 6.33. The van der Waals surface area contributed by atoms with Crippen LogP contribution in [-0.2, 0) is 26.9 Å². The average molecular weight is 368 g/mol. The van der Waals surface area contributed by atoms with Gasteiger partial charge < -0.3 is 9.88 Å². The second kappa shape index (κ2) is 8.25. The summed E-state index contributed by atoms with van der Waals surface area (Å²) in [7, 11) is -3.27. The highest BCUT2D eigenvalue weighted by molar-refractivity contribution is 7.90. The fraction of sp³-hybridized carbons (Fsp3) is 0.375. The van der Waals surface area contributed by atoms with E-state index >= 15 is 0 Å². The summed E-state index contributed by atoms with van der Waals surface area (Å²) >= 11 is 1.10. The number of hydrogen-bond acceptors (Lipinski definition) is 5. The van der Waals surface area contributed by atoms with Crippen LogP contribution in [-0.4, -0.2) is 31.2 Å². The first-order valence-electron chi connectivity index (χ1n) is 7.53.